The number of carbonyl (C=O) groups excluding carboxylic acids is 3. The van der Waals surface area contributed by atoms with E-state index in [4.69, 9.17) is 9.47 Å². The van der Waals surface area contributed by atoms with E-state index in [1.54, 1.807) is 0 Å². The quantitative estimate of drug-likeness (QED) is 0.783. The number of halogens is 1. The first-order valence-electron chi connectivity index (χ1n) is 6.41. The van der Waals surface area contributed by atoms with Gasteiger partial charge in [-0.1, -0.05) is 6.07 Å². The third kappa shape index (κ3) is 5.04. The number of rotatable bonds is 5. The predicted octanol–water partition coefficient (Wildman–Crippen LogP) is 0.764. The number of hydrogen-bond acceptors (Lipinski definition) is 5. The Morgan fingerprint density at radius 1 is 1.32 bits per heavy atom. The van der Waals surface area contributed by atoms with Crippen molar-refractivity contribution in [2.45, 2.75) is 19.4 Å². The molecule has 3 amide bonds. The van der Waals surface area contributed by atoms with Crippen LogP contribution in [0.25, 0.3) is 0 Å². The molecule has 8 heteroatoms. The second kappa shape index (κ2) is 7.96. The summed E-state index contributed by atoms with van der Waals surface area (Å²) in [6, 6.07) is 3.35. The fourth-order valence-electron chi connectivity index (χ4n) is 1.55. The molecule has 0 saturated carbocycles. The molecule has 0 spiro atoms. The van der Waals surface area contributed by atoms with Gasteiger partial charge in [0.25, 0.3) is 5.91 Å². The monoisotopic (exact) mass is 312 g/mol. The molecule has 0 saturated heterocycles. The summed E-state index contributed by atoms with van der Waals surface area (Å²) in [5.41, 5.74) is 0.377. The van der Waals surface area contributed by atoms with Gasteiger partial charge in [0.1, 0.15) is 0 Å². The van der Waals surface area contributed by atoms with Crippen LogP contribution in [0.2, 0.25) is 0 Å². The second-order valence-corrected chi connectivity index (χ2v) is 4.35. The normalized spacial score (nSPS) is 11.3. The largest absolute Gasteiger partial charge is 0.494 e. The molecule has 2 N–H and O–H groups in total. The predicted molar refractivity (Wildman–Crippen MR) is 74.8 cm³/mol. The number of methoxy groups -OCH3 is 1. The molecule has 1 aromatic rings. The Balaban J connectivity index is 2.57. The first-order valence-corrected chi connectivity index (χ1v) is 6.41. The molecular weight excluding hydrogens is 295 g/mol. The van der Waals surface area contributed by atoms with Crippen molar-refractivity contribution in [2.24, 2.45) is 0 Å². The van der Waals surface area contributed by atoms with Crippen LogP contribution < -0.4 is 15.4 Å². The zero-order valence-electron chi connectivity index (χ0n) is 12.4. The van der Waals surface area contributed by atoms with E-state index in [0.29, 0.717) is 5.56 Å². The van der Waals surface area contributed by atoms with Gasteiger partial charge in [0, 0.05) is 7.05 Å². The second-order valence-electron chi connectivity index (χ2n) is 4.35. The topological polar surface area (TPSA) is 93.7 Å². The van der Waals surface area contributed by atoms with Crippen molar-refractivity contribution in [1.29, 1.82) is 0 Å². The highest BCUT2D eigenvalue weighted by atomic mass is 19.1. The maximum absolute atomic E-state index is 13.5. The lowest BCUT2D eigenvalue weighted by molar-refractivity contribution is -0.153. The van der Waals surface area contributed by atoms with Crippen LogP contribution in [0.15, 0.2) is 18.2 Å². The Morgan fingerprint density at radius 2 is 2.00 bits per heavy atom. The Bertz CT molecular complexity index is 576. The number of amides is 3. The summed E-state index contributed by atoms with van der Waals surface area (Å²) < 4.78 is 23.1. The number of carbonyl (C=O) groups is 3. The van der Waals surface area contributed by atoms with Crippen molar-refractivity contribution in [3.8, 4) is 5.75 Å². The van der Waals surface area contributed by atoms with Crippen molar-refractivity contribution >= 4 is 17.9 Å². The zero-order valence-corrected chi connectivity index (χ0v) is 12.4. The Labute approximate surface area is 126 Å². The van der Waals surface area contributed by atoms with E-state index in [0.717, 1.165) is 6.07 Å². The molecule has 1 atom stereocenters. The van der Waals surface area contributed by atoms with Gasteiger partial charge in [0.05, 0.1) is 13.5 Å². The molecule has 0 aliphatic heterocycles. The molecule has 0 aliphatic rings. The molecule has 0 unspecified atom stereocenters. The summed E-state index contributed by atoms with van der Waals surface area (Å²) in [5.74, 6) is -2.01. The Morgan fingerprint density at radius 3 is 2.55 bits per heavy atom. The molecule has 1 rings (SSSR count). The van der Waals surface area contributed by atoms with Crippen molar-refractivity contribution in [3.63, 3.8) is 0 Å². The number of esters is 1. The van der Waals surface area contributed by atoms with Gasteiger partial charge < -0.3 is 14.8 Å². The third-order valence-electron chi connectivity index (χ3n) is 2.71. The SMILES string of the molecule is CNC(=O)NC(=O)[C@@H](C)OC(=O)Cc1ccc(OC)c(F)c1. The molecule has 0 bridgehead atoms. The lowest BCUT2D eigenvalue weighted by atomic mass is 10.1. The summed E-state index contributed by atoms with van der Waals surface area (Å²) in [7, 11) is 2.68. The first-order chi connectivity index (χ1) is 10.4. The minimum Gasteiger partial charge on any atom is -0.494 e. The number of ether oxygens (including phenoxy) is 2. The van der Waals surface area contributed by atoms with Crippen LogP contribution in [-0.4, -0.2) is 38.2 Å². The van der Waals surface area contributed by atoms with Gasteiger partial charge in [-0.05, 0) is 24.6 Å². The van der Waals surface area contributed by atoms with Crippen molar-refractivity contribution < 1.29 is 28.2 Å². The van der Waals surface area contributed by atoms with E-state index >= 15 is 0 Å². The van der Waals surface area contributed by atoms with Crippen molar-refractivity contribution in [1.82, 2.24) is 10.6 Å². The summed E-state index contributed by atoms with van der Waals surface area (Å²) >= 11 is 0. The van der Waals surface area contributed by atoms with Gasteiger partial charge in [-0.15, -0.1) is 0 Å². The maximum Gasteiger partial charge on any atom is 0.321 e. The van der Waals surface area contributed by atoms with Crippen LogP contribution in [0.4, 0.5) is 9.18 Å². The fraction of sp³-hybridized carbons (Fsp3) is 0.357. The van der Waals surface area contributed by atoms with E-state index < -0.39 is 29.8 Å². The average molecular weight is 312 g/mol. The summed E-state index contributed by atoms with van der Waals surface area (Å²) in [4.78, 5) is 34.2. The van der Waals surface area contributed by atoms with Crippen LogP contribution in [0.1, 0.15) is 12.5 Å². The number of imide groups is 1. The first kappa shape index (κ1) is 17.4. The van der Waals surface area contributed by atoms with Gasteiger partial charge in [-0.3, -0.25) is 14.9 Å². The molecule has 120 valence electrons. The molecule has 7 nitrogen and oxygen atoms in total. The maximum atomic E-state index is 13.5. The standard InChI is InChI=1S/C14H17FN2O5/c1-8(13(19)17-14(20)16-2)22-12(18)7-9-4-5-11(21-3)10(15)6-9/h4-6,8H,7H2,1-3H3,(H2,16,17,19,20)/t8-/m1/s1. The van der Waals surface area contributed by atoms with Gasteiger partial charge in [-0.25, -0.2) is 9.18 Å². The van der Waals surface area contributed by atoms with E-state index in [9.17, 15) is 18.8 Å². The van der Waals surface area contributed by atoms with Gasteiger partial charge in [0.2, 0.25) is 0 Å². The average Bonchev–Trinajstić information content (AvgIpc) is 2.46. The molecule has 0 heterocycles. The van der Waals surface area contributed by atoms with Gasteiger partial charge >= 0.3 is 12.0 Å². The molecule has 0 aliphatic carbocycles. The number of urea groups is 1. The van der Waals surface area contributed by atoms with Gasteiger partial charge in [0.15, 0.2) is 17.7 Å². The number of benzene rings is 1. The lowest BCUT2D eigenvalue weighted by Gasteiger charge is -2.13. The highest BCUT2D eigenvalue weighted by Crippen LogP contribution is 2.18. The van der Waals surface area contributed by atoms with E-state index in [1.165, 1.54) is 33.2 Å². The molecule has 0 fully saturated rings. The van der Waals surface area contributed by atoms with Crippen LogP contribution in [0.5, 0.6) is 5.75 Å². The van der Waals surface area contributed by atoms with Crippen LogP contribution in [0, 0.1) is 5.82 Å². The Hall–Kier alpha value is -2.64. The fourth-order valence-corrected chi connectivity index (χ4v) is 1.55. The smallest absolute Gasteiger partial charge is 0.321 e. The van der Waals surface area contributed by atoms with Crippen molar-refractivity contribution in [2.75, 3.05) is 14.2 Å². The molecule has 1 aromatic carbocycles. The highest BCUT2D eigenvalue weighted by Gasteiger charge is 2.19. The molecule has 22 heavy (non-hydrogen) atoms. The summed E-state index contributed by atoms with van der Waals surface area (Å²) in [6.07, 6.45) is -1.36. The van der Waals surface area contributed by atoms with Crippen LogP contribution in [0.3, 0.4) is 0 Å². The minimum atomic E-state index is -1.15. The van der Waals surface area contributed by atoms with Crippen LogP contribution in [-0.2, 0) is 20.7 Å². The van der Waals surface area contributed by atoms with E-state index in [-0.39, 0.29) is 12.2 Å². The van der Waals surface area contributed by atoms with E-state index in [2.05, 4.69) is 5.32 Å². The number of hydrogen-bond donors (Lipinski definition) is 2. The summed E-state index contributed by atoms with van der Waals surface area (Å²) in [6.45, 7) is 1.32. The number of nitrogens with one attached hydrogen (secondary N) is 2. The van der Waals surface area contributed by atoms with Gasteiger partial charge in [-0.2, -0.15) is 0 Å². The van der Waals surface area contributed by atoms with Crippen molar-refractivity contribution in [3.05, 3.63) is 29.6 Å². The molecule has 0 aromatic heterocycles. The van der Waals surface area contributed by atoms with Crippen LogP contribution >= 0.6 is 0 Å². The summed E-state index contributed by atoms with van der Waals surface area (Å²) in [5, 5.41) is 4.18. The van der Waals surface area contributed by atoms with E-state index in [1.807, 2.05) is 5.32 Å². The lowest BCUT2D eigenvalue weighted by Crippen LogP contribution is -2.43. The zero-order chi connectivity index (χ0) is 16.7. The molecular formula is C14H17FN2O5. The Kier molecular flexibility index (Phi) is 6.30. The minimum absolute atomic E-state index is 0.0652. The highest BCUT2D eigenvalue weighted by molar-refractivity contribution is 5.97. The third-order valence-corrected chi connectivity index (χ3v) is 2.71. The molecule has 0 radical (unpaired) electrons.